The molecular formula is C9H17S5Sb. The van der Waals surface area contributed by atoms with Crippen molar-refractivity contribution in [3.8, 4) is 0 Å². The van der Waals surface area contributed by atoms with Gasteiger partial charge in [-0.2, -0.15) is 0 Å². The van der Waals surface area contributed by atoms with Crippen molar-refractivity contribution < 1.29 is 0 Å². The fourth-order valence-electron chi connectivity index (χ4n) is 1.04. The van der Waals surface area contributed by atoms with E-state index in [1.54, 1.807) is 0 Å². The topological polar surface area (TPSA) is 0 Å². The molecule has 15 heavy (non-hydrogen) atoms. The molecule has 0 amide bonds. The molecule has 0 aromatic heterocycles. The summed E-state index contributed by atoms with van der Waals surface area (Å²) in [5.74, 6) is 4.26. The molecular weight excluding hydrogens is 390 g/mol. The summed E-state index contributed by atoms with van der Waals surface area (Å²) in [5.41, 5.74) is 0. The predicted molar refractivity (Wildman–Crippen MR) is 85.4 cm³/mol. The molecule has 2 rings (SSSR count). The Hall–Kier alpha value is 2.57. The summed E-state index contributed by atoms with van der Waals surface area (Å²) in [5, 5.41) is 0. The Bertz CT molecular complexity index is 167. The van der Waals surface area contributed by atoms with Crippen molar-refractivity contribution in [3.63, 3.8) is 0 Å². The van der Waals surface area contributed by atoms with Gasteiger partial charge in [-0.1, -0.05) is 0 Å². The summed E-state index contributed by atoms with van der Waals surface area (Å²) >= 11 is 3.35. The van der Waals surface area contributed by atoms with Crippen molar-refractivity contribution in [2.24, 2.45) is 0 Å². The monoisotopic (exact) mass is 406 g/mol. The summed E-state index contributed by atoms with van der Waals surface area (Å²) < 4.78 is 1.99. The molecule has 0 N–H and O–H groups in total. The average molecular weight is 407 g/mol. The zero-order valence-electron chi connectivity index (χ0n) is 8.89. The van der Waals surface area contributed by atoms with Gasteiger partial charge in [-0.05, 0) is 0 Å². The van der Waals surface area contributed by atoms with E-state index in [0.717, 1.165) is 9.16 Å². The van der Waals surface area contributed by atoms with E-state index in [0.29, 0.717) is 0 Å². The van der Waals surface area contributed by atoms with Crippen LogP contribution in [0.1, 0.15) is 26.2 Å². The van der Waals surface area contributed by atoms with Gasteiger partial charge >= 0.3 is 119 Å². The molecule has 0 radical (unpaired) electrons. The van der Waals surface area contributed by atoms with Crippen molar-refractivity contribution >= 4 is 66.1 Å². The molecule has 0 bridgehead atoms. The molecule has 0 saturated carbocycles. The molecule has 0 aromatic carbocycles. The Morgan fingerprint density at radius 3 is 2.00 bits per heavy atom. The predicted octanol–water partition coefficient (Wildman–Crippen LogP) is 4.51. The van der Waals surface area contributed by atoms with Crippen molar-refractivity contribution in [3.05, 3.63) is 0 Å². The zero-order chi connectivity index (χ0) is 10.5. The van der Waals surface area contributed by atoms with Crippen LogP contribution in [0, 0.1) is 0 Å². The summed E-state index contributed by atoms with van der Waals surface area (Å²) in [6, 6.07) is 0. The minimum atomic E-state index is -1.04. The van der Waals surface area contributed by atoms with Gasteiger partial charge in [-0.3, -0.25) is 0 Å². The van der Waals surface area contributed by atoms with Crippen LogP contribution in [0.4, 0.5) is 0 Å². The van der Waals surface area contributed by atoms with Gasteiger partial charge in [-0.15, -0.1) is 0 Å². The second-order valence-electron chi connectivity index (χ2n) is 3.45. The molecule has 2 unspecified atom stereocenters. The average Bonchev–Trinajstić information content (AvgIpc) is 2.11. The fourth-order valence-corrected chi connectivity index (χ4v) is 39.8. The molecule has 0 nitrogen and oxygen atoms in total. The van der Waals surface area contributed by atoms with Crippen molar-refractivity contribution in [2.45, 2.75) is 35.4 Å². The van der Waals surface area contributed by atoms with E-state index in [1.807, 2.05) is 0 Å². The molecule has 2 heterocycles. The van der Waals surface area contributed by atoms with E-state index < -0.39 is 16.0 Å². The van der Waals surface area contributed by atoms with Crippen LogP contribution in [0.5, 0.6) is 0 Å². The Kier molecular flexibility index (Phi) is 7.35. The summed E-state index contributed by atoms with van der Waals surface area (Å²) in [6.45, 7) is 2.32. The van der Waals surface area contributed by atoms with E-state index >= 15 is 0 Å². The molecule has 2 fully saturated rings. The molecule has 2 aliphatic rings. The minimum absolute atomic E-state index is 0.995. The summed E-state index contributed by atoms with van der Waals surface area (Å²) in [7, 11) is 7.18. The van der Waals surface area contributed by atoms with Crippen LogP contribution in [0.2, 0.25) is 0 Å². The molecule has 2 aliphatic heterocycles. The summed E-state index contributed by atoms with van der Waals surface area (Å²) in [6.07, 6.45) is 4.34. The van der Waals surface area contributed by atoms with Crippen molar-refractivity contribution in [2.75, 3.05) is 17.3 Å². The number of hydrogen-bond donors (Lipinski definition) is 0. The molecule has 0 spiro atoms. The standard InChI is InChI=1S/2C3H6S2.C3H8S.Sb/c2*4-3-1-2-5-3;1-2-3-4;/h2*3-4H,1-2H2;4H,2-3H2,1H3;/q;;;+3/p-3. The van der Waals surface area contributed by atoms with Gasteiger partial charge in [0.25, 0.3) is 0 Å². The third-order valence-electron chi connectivity index (χ3n) is 2.12. The second kappa shape index (κ2) is 7.88. The first kappa shape index (κ1) is 14.0. The molecule has 6 heteroatoms. The third-order valence-corrected chi connectivity index (χ3v) is 32.2. The number of thioether (sulfide) groups is 2. The van der Waals surface area contributed by atoms with Gasteiger partial charge in [0.05, 0.1) is 0 Å². The van der Waals surface area contributed by atoms with E-state index in [-0.39, 0.29) is 0 Å². The maximum atomic E-state index is 2.41. The van der Waals surface area contributed by atoms with Gasteiger partial charge in [0.15, 0.2) is 0 Å². The Labute approximate surface area is 117 Å². The van der Waals surface area contributed by atoms with Crippen LogP contribution in [0.3, 0.4) is 0 Å². The first-order valence-corrected chi connectivity index (χ1v) is 19.5. The van der Waals surface area contributed by atoms with Crippen molar-refractivity contribution in [1.82, 2.24) is 0 Å². The van der Waals surface area contributed by atoms with E-state index in [9.17, 15) is 0 Å². The molecule has 2 saturated heterocycles. The van der Waals surface area contributed by atoms with Gasteiger partial charge in [0.2, 0.25) is 0 Å². The molecule has 88 valence electrons. The zero-order valence-corrected chi connectivity index (χ0v) is 15.5. The maximum absolute atomic E-state index is 2.41. The SMILES string of the molecule is CCC[S][Sb]([S]C1CCS1)[S]C1CCS1. The van der Waals surface area contributed by atoms with Gasteiger partial charge in [0.1, 0.15) is 0 Å². The fraction of sp³-hybridized carbons (Fsp3) is 1.00. The third kappa shape index (κ3) is 4.98. The van der Waals surface area contributed by atoms with Crippen LogP contribution < -0.4 is 0 Å². The van der Waals surface area contributed by atoms with Crippen LogP contribution in [0.15, 0.2) is 0 Å². The molecule has 2 atom stereocenters. The Morgan fingerprint density at radius 1 is 1.13 bits per heavy atom. The molecule has 0 aromatic rings. The Balaban J connectivity index is 1.67. The quantitative estimate of drug-likeness (QED) is 0.568. The van der Waals surface area contributed by atoms with Gasteiger partial charge in [-0.25, -0.2) is 0 Å². The van der Waals surface area contributed by atoms with Crippen LogP contribution in [0.25, 0.3) is 0 Å². The molecule has 0 aliphatic carbocycles. The van der Waals surface area contributed by atoms with Crippen LogP contribution in [-0.4, -0.2) is 42.4 Å². The van der Waals surface area contributed by atoms with Gasteiger partial charge < -0.3 is 0 Å². The van der Waals surface area contributed by atoms with Gasteiger partial charge in [0, 0.05) is 0 Å². The van der Waals surface area contributed by atoms with E-state index in [2.05, 4.69) is 57.0 Å². The summed E-state index contributed by atoms with van der Waals surface area (Å²) in [4.78, 5) is 0. The second-order valence-corrected chi connectivity index (χ2v) is 28.0. The number of hydrogen-bond acceptors (Lipinski definition) is 5. The first-order chi connectivity index (χ1) is 7.38. The Morgan fingerprint density at radius 2 is 1.67 bits per heavy atom. The van der Waals surface area contributed by atoms with Crippen LogP contribution in [-0.2, 0) is 0 Å². The van der Waals surface area contributed by atoms with E-state index in [4.69, 9.17) is 0 Å². The first-order valence-electron chi connectivity index (χ1n) is 5.38. The van der Waals surface area contributed by atoms with Crippen molar-refractivity contribution in [1.29, 1.82) is 0 Å². The van der Waals surface area contributed by atoms with E-state index in [1.165, 1.54) is 36.5 Å². The normalized spacial score (nSPS) is 30.0. The van der Waals surface area contributed by atoms with Crippen LogP contribution >= 0.6 is 50.1 Å². The number of rotatable bonds is 7.